The molecular formula is C29H23FN2O4S. The van der Waals surface area contributed by atoms with Gasteiger partial charge in [-0.1, -0.05) is 24.1 Å². The molecule has 0 radical (unpaired) electrons. The third-order valence-corrected chi connectivity index (χ3v) is 8.06. The first kappa shape index (κ1) is 23.5. The number of rotatable bonds is 3. The van der Waals surface area contributed by atoms with Crippen LogP contribution in [-0.2, 0) is 15.0 Å². The highest BCUT2D eigenvalue weighted by atomic mass is 32.3. The fourth-order valence-electron chi connectivity index (χ4n) is 5.47. The number of hydrogen-bond acceptors (Lipinski definition) is 4. The minimum atomic E-state index is -4.86. The number of nitrogens with zero attached hydrogens (tertiary/aromatic N) is 1. The van der Waals surface area contributed by atoms with Gasteiger partial charge in [0.05, 0.1) is 15.8 Å². The largest absolute Gasteiger partial charge is 0.381 e. The van der Waals surface area contributed by atoms with E-state index >= 15 is 0 Å². The van der Waals surface area contributed by atoms with Gasteiger partial charge in [0.2, 0.25) is 0 Å². The van der Waals surface area contributed by atoms with Crippen LogP contribution in [0.2, 0.25) is 0 Å². The molecule has 5 aromatic rings. The van der Waals surface area contributed by atoms with Crippen molar-refractivity contribution in [2.45, 2.75) is 30.7 Å². The van der Waals surface area contributed by atoms with Gasteiger partial charge in [0.1, 0.15) is 5.65 Å². The third-order valence-electron chi connectivity index (χ3n) is 7.24. The van der Waals surface area contributed by atoms with Gasteiger partial charge in [0, 0.05) is 41.1 Å². The number of halogens is 1. The van der Waals surface area contributed by atoms with E-state index in [1.165, 1.54) is 18.2 Å². The number of aryl methyl sites for hydroxylation is 1. The van der Waals surface area contributed by atoms with Crippen molar-refractivity contribution >= 4 is 43.1 Å². The van der Waals surface area contributed by atoms with Crippen LogP contribution in [0.15, 0.2) is 64.3 Å². The molecule has 1 fully saturated rings. The lowest BCUT2D eigenvalue weighted by molar-refractivity contribution is 0.0715. The topological polar surface area (TPSA) is 81.2 Å². The number of aromatic amines is 1. The number of ether oxygens (including phenoxy) is 1. The van der Waals surface area contributed by atoms with Crippen molar-refractivity contribution in [1.29, 1.82) is 0 Å². The Morgan fingerprint density at radius 3 is 2.59 bits per heavy atom. The maximum Gasteiger partial charge on any atom is 0.332 e. The Hall–Kier alpha value is -3.93. The first-order chi connectivity index (χ1) is 17.8. The summed E-state index contributed by atoms with van der Waals surface area (Å²) < 4.78 is 44.7. The van der Waals surface area contributed by atoms with Crippen molar-refractivity contribution < 1.29 is 17.0 Å². The summed E-state index contributed by atoms with van der Waals surface area (Å²) in [4.78, 5) is 17.0. The fraction of sp³-hybridized carbons (Fsp3) is 0.207. The molecule has 6 nitrogen and oxygen atoms in total. The lowest BCUT2D eigenvalue weighted by atomic mass is 9.96. The molecule has 3 aromatic carbocycles. The van der Waals surface area contributed by atoms with Crippen LogP contribution in [0, 0.1) is 19.3 Å². The zero-order valence-corrected chi connectivity index (χ0v) is 20.9. The molecule has 3 heterocycles. The molecule has 2 aromatic heterocycles. The first-order valence-electron chi connectivity index (χ1n) is 12.0. The molecule has 1 N–H and O–H groups in total. The molecule has 0 saturated carbocycles. The second kappa shape index (κ2) is 8.58. The van der Waals surface area contributed by atoms with Crippen molar-refractivity contribution in [2.75, 3.05) is 13.2 Å². The summed E-state index contributed by atoms with van der Waals surface area (Å²) in [6.07, 6.45) is 7.16. The van der Waals surface area contributed by atoms with Gasteiger partial charge in [0.25, 0.3) is 0 Å². The molecule has 37 heavy (non-hydrogen) atoms. The van der Waals surface area contributed by atoms with Gasteiger partial charge < -0.3 is 14.3 Å². The van der Waals surface area contributed by atoms with Crippen molar-refractivity contribution in [1.82, 2.24) is 9.55 Å². The van der Waals surface area contributed by atoms with Crippen molar-refractivity contribution in [3.05, 3.63) is 75.9 Å². The van der Waals surface area contributed by atoms with Crippen LogP contribution in [0.3, 0.4) is 0 Å². The van der Waals surface area contributed by atoms with Gasteiger partial charge >= 0.3 is 10.2 Å². The van der Waals surface area contributed by atoms with Crippen LogP contribution in [-0.4, -0.2) is 31.2 Å². The summed E-state index contributed by atoms with van der Waals surface area (Å²) in [6, 6.07) is 15.2. The number of terminal acetylenes is 1. The monoisotopic (exact) mass is 514 g/mol. The van der Waals surface area contributed by atoms with Crippen LogP contribution in [0.5, 0.6) is 0 Å². The first-order valence-corrected chi connectivity index (χ1v) is 13.4. The second-order valence-electron chi connectivity index (χ2n) is 9.45. The normalized spacial score (nSPS) is 14.9. The van der Waals surface area contributed by atoms with Gasteiger partial charge in [-0.25, -0.2) is 0 Å². The van der Waals surface area contributed by atoms with Crippen LogP contribution < -0.4 is 5.43 Å². The zero-order valence-electron chi connectivity index (χ0n) is 20.0. The number of hydrogen-bond donors (Lipinski definition) is 1. The Morgan fingerprint density at radius 2 is 1.86 bits per heavy atom. The smallest absolute Gasteiger partial charge is 0.332 e. The summed E-state index contributed by atoms with van der Waals surface area (Å²) in [7, 11) is -4.86. The van der Waals surface area contributed by atoms with Gasteiger partial charge in [-0.15, -0.1) is 10.3 Å². The van der Waals surface area contributed by atoms with Crippen LogP contribution >= 0.6 is 0 Å². The second-order valence-corrected chi connectivity index (χ2v) is 10.8. The molecule has 0 spiro atoms. The summed E-state index contributed by atoms with van der Waals surface area (Å²) in [6.45, 7) is 3.08. The molecule has 0 bridgehead atoms. The van der Waals surface area contributed by atoms with Crippen molar-refractivity contribution in [2.24, 2.45) is 0 Å². The zero-order chi connectivity index (χ0) is 25.9. The highest BCUT2D eigenvalue weighted by molar-refractivity contribution is 7.86. The average Bonchev–Trinajstić information content (AvgIpc) is 3.27. The molecule has 0 amide bonds. The van der Waals surface area contributed by atoms with Crippen LogP contribution in [0.1, 0.15) is 30.0 Å². The maximum atomic E-state index is 13.9. The van der Waals surface area contributed by atoms with E-state index in [4.69, 9.17) is 11.2 Å². The van der Waals surface area contributed by atoms with E-state index in [1.807, 2.05) is 37.3 Å². The third kappa shape index (κ3) is 3.82. The minimum Gasteiger partial charge on any atom is -0.381 e. The van der Waals surface area contributed by atoms with E-state index in [-0.39, 0.29) is 11.5 Å². The molecular weight excluding hydrogens is 491 g/mol. The Morgan fingerprint density at radius 1 is 1.08 bits per heavy atom. The van der Waals surface area contributed by atoms with E-state index in [0.717, 1.165) is 46.0 Å². The number of H-pyrrole nitrogens is 1. The number of nitrogens with one attached hydrogen (secondary N) is 1. The molecule has 1 saturated heterocycles. The van der Waals surface area contributed by atoms with Gasteiger partial charge in [-0.05, 0) is 72.9 Å². The Balaban J connectivity index is 1.72. The van der Waals surface area contributed by atoms with Crippen molar-refractivity contribution in [3.8, 4) is 23.5 Å². The Kier molecular flexibility index (Phi) is 5.44. The average molecular weight is 515 g/mol. The summed E-state index contributed by atoms with van der Waals surface area (Å²) in [5.74, 6) is 2.65. The Labute approximate surface area is 212 Å². The molecule has 186 valence electrons. The van der Waals surface area contributed by atoms with E-state index in [1.54, 1.807) is 6.07 Å². The summed E-state index contributed by atoms with van der Waals surface area (Å²) in [5, 5.41) is 1.98. The van der Waals surface area contributed by atoms with Gasteiger partial charge in [-0.3, -0.25) is 4.79 Å². The standard InChI is InChI=1S/C29H23FN2O4S/c1-3-18-7-8-22-25(14-18)31-29-27(22)28(33)24-13-17(2)23(19-5-4-6-21(15-19)37(30,34)35)16-26(24)32(29)20-9-11-36-12-10-20/h1,4-8,13-16,20,31H,9-12H2,2H3. The van der Waals surface area contributed by atoms with Crippen LogP contribution in [0.25, 0.3) is 44.0 Å². The van der Waals surface area contributed by atoms with E-state index in [2.05, 4.69) is 15.5 Å². The predicted octanol–water partition coefficient (Wildman–Crippen LogP) is 5.60. The molecule has 1 aliphatic rings. The lowest BCUT2D eigenvalue weighted by Gasteiger charge is -2.27. The van der Waals surface area contributed by atoms with Crippen LogP contribution in [0.4, 0.5) is 3.89 Å². The van der Waals surface area contributed by atoms with Gasteiger partial charge in [0.15, 0.2) is 5.43 Å². The highest BCUT2D eigenvalue weighted by Crippen LogP contribution is 2.36. The fourth-order valence-corrected chi connectivity index (χ4v) is 5.97. The minimum absolute atomic E-state index is 0.0765. The lowest BCUT2D eigenvalue weighted by Crippen LogP contribution is -2.22. The van der Waals surface area contributed by atoms with Gasteiger partial charge in [-0.2, -0.15) is 8.42 Å². The van der Waals surface area contributed by atoms with E-state index in [9.17, 15) is 17.1 Å². The predicted molar refractivity (Wildman–Crippen MR) is 143 cm³/mol. The van der Waals surface area contributed by atoms with Crippen molar-refractivity contribution in [3.63, 3.8) is 0 Å². The van der Waals surface area contributed by atoms with E-state index in [0.29, 0.717) is 35.2 Å². The number of benzene rings is 3. The molecule has 8 heteroatoms. The number of aromatic nitrogens is 2. The SMILES string of the molecule is C#Cc1ccc2c(c1)[nH]c1c2c(=O)c2cc(C)c(-c3cccc(S(=O)(=O)F)c3)cc2n1C1CCOCC1. The Bertz CT molecular complexity index is 1940. The number of fused-ring (bicyclic) bond motifs is 4. The molecule has 1 aliphatic heterocycles. The highest BCUT2D eigenvalue weighted by Gasteiger charge is 2.24. The quantitative estimate of drug-likeness (QED) is 0.251. The molecule has 6 rings (SSSR count). The molecule has 0 aliphatic carbocycles. The summed E-state index contributed by atoms with van der Waals surface area (Å²) in [5.41, 5.74) is 4.91. The summed E-state index contributed by atoms with van der Waals surface area (Å²) >= 11 is 0. The maximum absolute atomic E-state index is 13.9. The number of pyridine rings is 1. The molecule has 0 unspecified atom stereocenters. The van der Waals surface area contributed by atoms with E-state index < -0.39 is 15.1 Å². The molecule has 0 atom stereocenters.